The van der Waals surface area contributed by atoms with Crippen LogP contribution in [0.1, 0.15) is 41.8 Å². The number of aryl methyl sites for hydroxylation is 1. The van der Waals surface area contributed by atoms with Crippen LogP contribution in [-0.4, -0.2) is 42.1 Å². The van der Waals surface area contributed by atoms with Gasteiger partial charge in [-0.05, 0) is 58.3 Å². The zero-order valence-corrected chi connectivity index (χ0v) is 15.3. The first kappa shape index (κ1) is 18.0. The van der Waals surface area contributed by atoms with Gasteiger partial charge in [0, 0.05) is 12.1 Å². The molecule has 1 amide bonds. The van der Waals surface area contributed by atoms with E-state index in [4.69, 9.17) is 16.1 Å². The summed E-state index contributed by atoms with van der Waals surface area (Å²) in [6, 6.07) is 7.33. The lowest BCUT2D eigenvalue weighted by Crippen LogP contribution is -2.26. The van der Waals surface area contributed by atoms with E-state index in [9.17, 15) is 4.79 Å². The molecule has 0 aliphatic carbocycles. The molecule has 3 rings (SSSR count). The maximum absolute atomic E-state index is 12.6. The van der Waals surface area contributed by atoms with Crippen molar-refractivity contribution in [2.45, 2.75) is 32.6 Å². The number of carbonyl (C=O) groups excluding carboxylic acids is 1. The Morgan fingerprint density at radius 2 is 2.04 bits per heavy atom. The molecular weight excluding hydrogens is 338 g/mol. The minimum atomic E-state index is -0.158. The van der Waals surface area contributed by atoms with E-state index in [1.807, 2.05) is 18.2 Å². The second-order valence-corrected chi connectivity index (χ2v) is 6.86. The van der Waals surface area contributed by atoms with Gasteiger partial charge in [-0.15, -0.1) is 0 Å². The summed E-state index contributed by atoms with van der Waals surface area (Å²) in [7, 11) is 0. The number of aromatic nitrogens is 1. The van der Waals surface area contributed by atoms with Crippen molar-refractivity contribution in [3.8, 4) is 11.3 Å². The number of nitrogens with one attached hydrogen (secondary N) is 1. The largest absolute Gasteiger partial charge is 0.360 e. The lowest BCUT2D eigenvalue weighted by Gasteiger charge is -2.14. The van der Waals surface area contributed by atoms with E-state index in [1.165, 1.54) is 25.9 Å². The third-order valence-electron chi connectivity index (χ3n) is 4.60. The van der Waals surface area contributed by atoms with Gasteiger partial charge in [-0.3, -0.25) is 4.79 Å². The molecule has 0 atom stereocenters. The molecule has 6 heteroatoms. The second-order valence-electron chi connectivity index (χ2n) is 6.45. The first-order valence-electron chi connectivity index (χ1n) is 8.88. The summed E-state index contributed by atoms with van der Waals surface area (Å²) in [4.78, 5) is 15.1. The normalized spacial score (nSPS) is 14.8. The number of halogens is 1. The van der Waals surface area contributed by atoms with Crippen LogP contribution in [0.3, 0.4) is 0 Å². The van der Waals surface area contributed by atoms with Gasteiger partial charge >= 0.3 is 0 Å². The van der Waals surface area contributed by atoms with E-state index in [0.29, 0.717) is 34.1 Å². The van der Waals surface area contributed by atoms with Gasteiger partial charge < -0.3 is 14.7 Å². The average Bonchev–Trinajstić information content (AvgIpc) is 3.24. The zero-order valence-electron chi connectivity index (χ0n) is 14.6. The number of hydrogen-bond donors (Lipinski definition) is 1. The van der Waals surface area contributed by atoms with E-state index in [1.54, 1.807) is 13.0 Å². The van der Waals surface area contributed by atoms with Crippen LogP contribution in [0.2, 0.25) is 5.02 Å². The quantitative estimate of drug-likeness (QED) is 0.759. The highest BCUT2D eigenvalue weighted by Crippen LogP contribution is 2.30. The average molecular weight is 362 g/mol. The van der Waals surface area contributed by atoms with Crippen LogP contribution in [0.5, 0.6) is 0 Å². The Balaban J connectivity index is 1.57. The van der Waals surface area contributed by atoms with Gasteiger partial charge in [0.25, 0.3) is 5.91 Å². The van der Waals surface area contributed by atoms with Crippen molar-refractivity contribution in [3.05, 3.63) is 40.6 Å². The van der Waals surface area contributed by atoms with Gasteiger partial charge in [-0.1, -0.05) is 35.0 Å². The molecular formula is C19H24ClN3O2. The molecule has 2 heterocycles. The molecule has 0 saturated carbocycles. The Morgan fingerprint density at radius 1 is 1.28 bits per heavy atom. The molecule has 5 nitrogen and oxygen atoms in total. The van der Waals surface area contributed by atoms with Crippen molar-refractivity contribution in [1.29, 1.82) is 0 Å². The van der Waals surface area contributed by atoms with Crippen molar-refractivity contribution in [2.75, 3.05) is 26.2 Å². The van der Waals surface area contributed by atoms with Crippen LogP contribution in [-0.2, 0) is 0 Å². The second kappa shape index (κ2) is 8.50. The Kier molecular flexibility index (Phi) is 6.10. The lowest BCUT2D eigenvalue weighted by atomic mass is 10.1. The first-order valence-corrected chi connectivity index (χ1v) is 9.26. The summed E-state index contributed by atoms with van der Waals surface area (Å²) in [5.41, 5.74) is 1.67. The number of benzene rings is 1. The highest BCUT2D eigenvalue weighted by molar-refractivity contribution is 6.33. The number of likely N-dealkylation sites (tertiary alicyclic amines) is 1. The predicted molar refractivity (Wildman–Crippen MR) is 98.9 cm³/mol. The molecule has 25 heavy (non-hydrogen) atoms. The Hall–Kier alpha value is -1.85. The van der Waals surface area contributed by atoms with Crippen LogP contribution in [0.25, 0.3) is 11.3 Å². The van der Waals surface area contributed by atoms with Crippen molar-refractivity contribution < 1.29 is 9.32 Å². The van der Waals surface area contributed by atoms with E-state index in [-0.39, 0.29) is 5.91 Å². The van der Waals surface area contributed by atoms with Crippen molar-refractivity contribution in [2.24, 2.45) is 0 Å². The third kappa shape index (κ3) is 4.41. The van der Waals surface area contributed by atoms with Crippen molar-refractivity contribution in [1.82, 2.24) is 15.4 Å². The summed E-state index contributed by atoms with van der Waals surface area (Å²) in [5, 5.41) is 7.57. The van der Waals surface area contributed by atoms with E-state index < -0.39 is 0 Å². The fraction of sp³-hybridized carbons (Fsp3) is 0.474. The number of nitrogens with zero attached hydrogens (tertiary/aromatic N) is 2. The standard InChI is InChI=1S/C19H24ClN3O2/c1-14-17(18(22-25-14)15-8-2-3-9-16(15)20)19(24)21-10-4-5-11-23-12-6-7-13-23/h2-3,8-9H,4-7,10-13H2,1H3,(H,21,24). The summed E-state index contributed by atoms with van der Waals surface area (Å²) >= 11 is 6.23. The summed E-state index contributed by atoms with van der Waals surface area (Å²) < 4.78 is 5.25. The maximum Gasteiger partial charge on any atom is 0.257 e. The van der Waals surface area contributed by atoms with Gasteiger partial charge in [0.2, 0.25) is 0 Å². The van der Waals surface area contributed by atoms with Gasteiger partial charge in [0.15, 0.2) is 0 Å². The fourth-order valence-corrected chi connectivity index (χ4v) is 3.46. The third-order valence-corrected chi connectivity index (χ3v) is 4.93. The molecule has 1 aliphatic heterocycles. The summed E-state index contributed by atoms with van der Waals surface area (Å²) in [6.45, 7) is 5.95. The topological polar surface area (TPSA) is 58.4 Å². The van der Waals surface area contributed by atoms with Gasteiger partial charge in [-0.25, -0.2) is 0 Å². The van der Waals surface area contributed by atoms with E-state index >= 15 is 0 Å². The summed E-state index contributed by atoms with van der Waals surface area (Å²) in [6.07, 6.45) is 4.69. The predicted octanol–water partition coefficient (Wildman–Crippen LogP) is 3.91. The van der Waals surface area contributed by atoms with Crippen molar-refractivity contribution in [3.63, 3.8) is 0 Å². The highest BCUT2D eigenvalue weighted by Gasteiger charge is 2.22. The SMILES string of the molecule is Cc1onc(-c2ccccc2Cl)c1C(=O)NCCCCN1CCCC1. The number of unbranched alkanes of at least 4 members (excludes halogenated alkanes) is 1. The van der Waals surface area contributed by atoms with Crippen LogP contribution in [0.4, 0.5) is 0 Å². The summed E-state index contributed by atoms with van der Waals surface area (Å²) in [5.74, 6) is 0.347. The molecule has 0 bridgehead atoms. The van der Waals surface area contributed by atoms with Gasteiger partial charge in [-0.2, -0.15) is 0 Å². The molecule has 1 aromatic heterocycles. The minimum absolute atomic E-state index is 0.158. The molecule has 0 unspecified atom stereocenters. The number of carbonyl (C=O) groups is 1. The smallest absolute Gasteiger partial charge is 0.257 e. The zero-order chi connectivity index (χ0) is 17.6. The molecule has 0 radical (unpaired) electrons. The Morgan fingerprint density at radius 3 is 2.80 bits per heavy atom. The molecule has 2 aromatic rings. The first-order chi connectivity index (χ1) is 12.2. The van der Waals surface area contributed by atoms with Crippen LogP contribution < -0.4 is 5.32 Å². The van der Waals surface area contributed by atoms with Crippen LogP contribution in [0.15, 0.2) is 28.8 Å². The lowest BCUT2D eigenvalue weighted by molar-refractivity contribution is 0.0951. The van der Waals surface area contributed by atoms with Crippen LogP contribution >= 0.6 is 11.6 Å². The minimum Gasteiger partial charge on any atom is -0.360 e. The Bertz CT molecular complexity index is 723. The van der Waals surface area contributed by atoms with E-state index in [0.717, 1.165) is 19.4 Å². The molecule has 1 fully saturated rings. The number of hydrogen-bond acceptors (Lipinski definition) is 4. The molecule has 1 saturated heterocycles. The molecule has 134 valence electrons. The maximum atomic E-state index is 12.6. The van der Waals surface area contributed by atoms with Crippen LogP contribution in [0, 0.1) is 6.92 Å². The highest BCUT2D eigenvalue weighted by atomic mass is 35.5. The molecule has 1 aromatic carbocycles. The van der Waals surface area contributed by atoms with E-state index in [2.05, 4.69) is 15.4 Å². The fourth-order valence-electron chi connectivity index (χ4n) is 3.23. The number of rotatable bonds is 7. The van der Waals surface area contributed by atoms with Gasteiger partial charge in [0.1, 0.15) is 17.0 Å². The molecule has 1 aliphatic rings. The van der Waals surface area contributed by atoms with Crippen molar-refractivity contribution >= 4 is 17.5 Å². The molecule has 1 N–H and O–H groups in total. The van der Waals surface area contributed by atoms with Gasteiger partial charge in [0.05, 0.1) is 5.02 Å². The molecule has 0 spiro atoms. The monoisotopic (exact) mass is 361 g/mol. The number of amides is 1. The Labute approximate surface area is 153 Å².